The molecule has 1 aliphatic carbocycles. The van der Waals surface area contributed by atoms with Crippen LogP contribution in [0, 0.1) is 5.92 Å². The molecule has 0 unspecified atom stereocenters. The van der Waals surface area contributed by atoms with E-state index in [4.69, 9.17) is 27.9 Å². The van der Waals surface area contributed by atoms with Crippen LogP contribution in [0.5, 0.6) is 0 Å². The van der Waals surface area contributed by atoms with Crippen LogP contribution in [0.2, 0.25) is 0 Å². The molecule has 186 valence electrons. The molecule has 1 saturated carbocycles. The molecule has 2 fully saturated rings. The Morgan fingerprint density at radius 2 is 2.15 bits per heavy atom. The lowest BCUT2D eigenvalue weighted by atomic mass is 9.80. The number of hydrogen-bond acceptors (Lipinski definition) is 4. The summed E-state index contributed by atoms with van der Waals surface area (Å²) in [7, 11) is 3.40. The highest BCUT2D eigenvalue weighted by atomic mass is 35.5. The number of carbonyl (C=O) groups excluding carboxylic acids is 1. The largest absolute Gasteiger partial charge is 0.384 e. The normalized spacial score (nSPS) is 21.4. The van der Waals surface area contributed by atoms with Gasteiger partial charge in [-0.1, -0.05) is 30.3 Å². The van der Waals surface area contributed by atoms with Gasteiger partial charge < -0.3 is 19.5 Å². The van der Waals surface area contributed by atoms with Gasteiger partial charge in [0.2, 0.25) is 5.91 Å². The van der Waals surface area contributed by atoms with Gasteiger partial charge in [-0.2, -0.15) is 0 Å². The minimum Gasteiger partial charge on any atom is -0.384 e. The summed E-state index contributed by atoms with van der Waals surface area (Å²) in [4.78, 5) is 28.1. The summed E-state index contributed by atoms with van der Waals surface area (Å²) in [6, 6.07) is 3.84. The third-order valence-electron chi connectivity index (χ3n) is 6.61. The van der Waals surface area contributed by atoms with E-state index in [1.807, 2.05) is 23.1 Å². The van der Waals surface area contributed by atoms with Crippen LogP contribution >= 0.6 is 23.2 Å². The summed E-state index contributed by atoms with van der Waals surface area (Å²) >= 11 is 12.4. The number of hydrogen-bond donors (Lipinski definition) is 1. The summed E-state index contributed by atoms with van der Waals surface area (Å²) < 4.78 is 6.77. The number of carbonyl (C=O) groups is 1. The van der Waals surface area contributed by atoms with E-state index in [0.29, 0.717) is 37.0 Å². The maximum Gasteiger partial charge on any atom is 0.250 e. The molecule has 0 bridgehead atoms. The molecule has 2 aliphatic rings. The molecule has 8 heteroatoms. The second kappa shape index (κ2) is 12.7. The van der Waals surface area contributed by atoms with E-state index in [-0.39, 0.29) is 29.3 Å². The van der Waals surface area contributed by atoms with E-state index in [1.54, 1.807) is 31.0 Å². The molecule has 0 spiro atoms. The standard InChI is InChI=1S/C26H35Cl2N3O3/c1-18(28)21(14-19(6-10-27)9-13-34-3)17-31(22-4-5-22)26(33)24-16-29-11-7-23(24)20-8-12-30(2)25(32)15-20/h6,8,12,14-15,22-24,29H,1,4-5,7,9-11,13,16-17H2,2-3H3/b19-6-,21-14-/t23-,24+/m1/s1. The maximum atomic E-state index is 13.9. The lowest BCUT2D eigenvalue weighted by Gasteiger charge is -2.36. The number of piperidine rings is 1. The molecule has 3 rings (SSSR count). The average molecular weight is 508 g/mol. The predicted molar refractivity (Wildman–Crippen MR) is 139 cm³/mol. The number of ether oxygens (including phenoxy) is 1. The van der Waals surface area contributed by atoms with Crippen LogP contribution in [0.25, 0.3) is 0 Å². The van der Waals surface area contributed by atoms with E-state index >= 15 is 0 Å². The highest BCUT2D eigenvalue weighted by Crippen LogP contribution is 2.36. The minimum absolute atomic E-state index is 0.00365. The number of aryl methyl sites for hydroxylation is 1. The monoisotopic (exact) mass is 507 g/mol. The third kappa shape index (κ3) is 7.08. The molecule has 2 heterocycles. The molecule has 0 radical (unpaired) electrons. The van der Waals surface area contributed by atoms with Gasteiger partial charge in [-0.05, 0) is 60.9 Å². The molecule has 2 atom stereocenters. The van der Waals surface area contributed by atoms with E-state index < -0.39 is 0 Å². The van der Waals surface area contributed by atoms with Crippen molar-refractivity contribution in [3.63, 3.8) is 0 Å². The van der Waals surface area contributed by atoms with Crippen molar-refractivity contribution in [1.29, 1.82) is 0 Å². The SMILES string of the molecule is C=C(Cl)/C(=C\C(=C/CCl)CCOC)CN(C(=O)[C@H]1CNCC[C@@H]1c1ccn(C)c(=O)c1)C1CC1. The van der Waals surface area contributed by atoms with Crippen molar-refractivity contribution in [2.24, 2.45) is 13.0 Å². The molecular weight excluding hydrogens is 473 g/mol. The highest BCUT2D eigenvalue weighted by molar-refractivity contribution is 6.31. The number of rotatable bonds is 11. The van der Waals surface area contributed by atoms with Crippen molar-refractivity contribution < 1.29 is 9.53 Å². The van der Waals surface area contributed by atoms with Crippen molar-refractivity contribution in [3.8, 4) is 0 Å². The summed E-state index contributed by atoms with van der Waals surface area (Å²) in [5.74, 6) is 0.250. The van der Waals surface area contributed by atoms with E-state index in [9.17, 15) is 9.59 Å². The van der Waals surface area contributed by atoms with Crippen molar-refractivity contribution in [1.82, 2.24) is 14.8 Å². The summed E-state index contributed by atoms with van der Waals surface area (Å²) in [6.45, 7) is 6.33. The molecule has 34 heavy (non-hydrogen) atoms. The van der Waals surface area contributed by atoms with Crippen molar-refractivity contribution in [3.05, 3.63) is 69.2 Å². The van der Waals surface area contributed by atoms with Gasteiger partial charge in [-0.3, -0.25) is 9.59 Å². The van der Waals surface area contributed by atoms with Crippen molar-refractivity contribution in [2.45, 2.75) is 37.6 Å². The number of aromatic nitrogens is 1. The average Bonchev–Trinajstić information content (AvgIpc) is 3.66. The fraction of sp³-hybridized carbons (Fsp3) is 0.538. The fourth-order valence-electron chi connectivity index (χ4n) is 4.47. The molecule has 1 N–H and O–H groups in total. The van der Waals surface area contributed by atoms with Crippen LogP contribution in [0.15, 0.2) is 58.0 Å². The maximum absolute atomic E-state index is 13.9. The van der Waals surface area contributed by atoms with Crippen LogP contribution in [0.4, 0.5) is 0 Å². The van der Waals surface area contributed by atoms with Crippen molar-refractivity contribution >= 4 is 29.1 Å². The first-order valence-corrected chi connectivity index (χ1v) is 12.7. The van der Waals surface area contributed by atoms with Gasteiger partial charge in [0.05, 0.1) is 12.5 Å². The first-order valence-electron chi connectivity index (χ1n) is 11.8. The zero-order valence-corrected chi connectivity index (χ0v) is 21.6. The van der Waals surface area contributed by atoms with Crippen LogP contribution in [-0.2, 0) is 16.6 Å². The van der Waals surface area contributed by atoms with E-state index in [0.717, 1.165) is 42.5 Å². The number of nitrogens with zero attached hydrogens (tertiary/aromatic N) is 2. The number of halogens is 2. The first kappa shape index (κ1) is 26.7. The first-order chi connectivity index (χ1) is 16.3. The van der Waals surface area contributed by atoms with Crippen LogP contribution in [-0.4, -0.2) is 60.6 Å². The van der Waals surface area contributed by atoms with Crippen LogP contribution in [0.1, 0.15) is 37.2 Å². The number of allylic oxidation sites excluding steroid dienone is 2. The summed E-state index contributed by atoms with van der Waals surface area (Å²) in [6.07, 6.45) is 9.18. The lowest BCUT2D eigenvalue weighted by Crippen LogP contribution is -2.48. The topological polar surface area (TPSA) is 63.6 Å². The number of amides is 1. The molecule has 1 saturated heterocycles. The Balaban J connectivity index is 1.86. The van der Waals surface area contributed by atoms with Crippen LogP contribution < -0.4 is 10.9 Å². The molecule has 1 aliphatic heterocycles. The molecule has 1 aromatic heterocycles. The van der Waals surface area contributed by atoms with Gasteiger partial charge in [0.1, 0.15) is 0 Å². The zero-order chi connectivity index (χ0) is 24.7. The highest BCUT2D eigenvalue weighted by Gasteiger charge is 2.40. The second-order valence-corrected chi connectivity index (χ2v) is 9.83. The Morgan fingerprint density at radius 1 is 1.38 bits per heavy atom. The molecule has 6 nitrogen and oxygen atoms in total. The van der Waals surface area contributed by atoms with Crippen LogP contribution in [0.3, 0.4) is 0 Å². The molecule has 1 amide bonds. The quantitative estimate of drug-likeness (QED) is 0.363. The Labute approximate surface area is 212 Å². The number of methoxy groups -OCH3 is 1. The predicted octanol–water partition coefficient (Wildman–Crippen LogP) is 3.95. The van der Waals surface area contributed by atoms with Gasteiger partial charge in [0.25, 0.3) is 5.56 Å². The Kier molecular flexibility index (Phi) is 10.0. The van der Waals surface area contributed by atoms with E-state index in [1.165, 1.54) is 0 Å². The number of alkyl halides is 1. The molecule has 1 aromatic rings. The molecular formula is C26H35Cl2N3O3. The van der Waals surface area contributed by atoms with E-state index in [2.05, 4.69) is 11.9 Å². The van der Waals surface area contributed by atoms with Gasteiger partial charge in [-0.25, -0.2) is 0 Å². The Hall–Kier alpha value is -1.86. The number of nitrogens with one attached hydrogen (secondary N) is 1. The van der Waals surface area contributed by atoms with Gasteiger partial charge in [0.15, 0.2) is 0 Å². The molecule has 0 aromatic carbocycles. The third-order valence-corrected chi connectivity index (χ3v) is 7.01. The van der Waals surface area contributed by atoms with Crippen molar-refractivity contribution in [2.75, 3.05) is 39.2 Å². The fourth-order valence-corrected chi connectivity index (χ4v) is 4.78. The van der Waals surface area contributed by atoms with Gasteiger partial charge >= 0.3 is 0 Å². The lowest BCUT2D eigenvalue weighted by molar-refractivity contribution is -0.136. The summed E-state index contributed by atoms with van der Waals surface area (Å²) in [5, 5.41) is 3.79. The zero-order valence-electron chi connectivity index (χ0n) is 20.1. The minimum atomic E-state index is -0.238. The Bertz CT molecular complexity index is 997. The number of pyridine rings is 1. The second-order valence-electron chi connectivity index (χ2n) is 9.06. The summed E-state index contributed by atoms with van der Waals surface area (Å²) in [5.41, 5.74) is 2.69. The van der Waals surface area contributed by atoms with Gasteiger partial charge in [-0.15, -0.1) is 11.6 Å². The van der Waals surface area contributed by atoms with Gasteiger partial charge in [0, 0.05) is 56.5 Å². The Morgan fingerprint density at radius 3 is 2.76 bits per heavy atom. The smallest absolute Gasteiger partial charge is 0.250 e.